The topological polar surface area (TPSA) is 114 Å². The molecule has 3 fully saturated rings. The predicted molar refractivity (Wildman–Crippen MR) is 130 cm³/mol. The number of benzene rings is 1. The van der Waals surface area contributed by atoms with Crippen LogP contribution in [-0.2, 0) is 9.59 Å². The van der Waals surface area contributed by atoms with Gasteiger partial charge in [0.25, 0.3) is 5.91 Å². The summed E-state index contributed by atoms with van der Waals surface area (Å²) >= 11 is 0. The van der Waals surface area contributed by atoms with Crippen molar-refractivity contribution in [3.8, 4) is 11.5 Å². The van der Waals surface area contributed by atoms with Crippen molar-refractivity contribution in [3.63, 3.8) is 0 Å². The van der Waals surface area contributed by atoms with E-state index >= 15 is 0 Å². The van der Waals surface area contributed by atoms with Crippen molar-refractivity contribution in [1.82, 2.24) is 10.6 Å². The first-order valence-corrected chi connectivity index (χ1v) is 12.8. The van der Waals surface area contributed by atoms with Gasteiger partial charge in [-0.3, -0.25) is 14.4 Å². The standard InChI is InChI=1S/C27H35FN2O6/c1-3-4-11-29-26(32)23-16-5-6-17(12-16)24(23)30-25(31)19-13-22(20(28)14-21(19)35-2)36-18-9-7-15(8-10-18)27(33)34/h3,13-18,23-24H,1,4-12H2,2H3,(H,29,32)(H,30,31)(H,33,34)/t15?,16-,17+,18?,23+,24-/m1/s1. The second-order valence-electron chi connectivity index (χ2n) is 10.1. The lowest BCUT2D eigenvalue weighted by atomic mass is 9.83. The minimum Gasteiger partial charge on any atom is -0.496 e. The molecule has 8 nitrogen and oxygen atoms in total. The second kappa shape index (κ2) is 11.3. The van der Waals surface area contributed by atoms with E-state index in [1.54, 1.807) is 6.08 Å². The summed E-state index contributed by atoms with van der Waals surface area (Å²) in [5, 5.41) is 15.2. The SMILES string of the molecule is C=CCCNC(=O)[C@H]1[C@@H]2CC[C@@H](C2)[C@H]1NC(=O)c1cc(OC2CCC(C(=O)O)CC2)c(F)cc1OC. The molecule has 0 unspecified atom stereocenters. The van der Waals surface area contributed by atoms with Gasteiger partial charge in [0.05, 0.1) is 30.6 Å². The lowest BCUT2D eigenvalue weighted by Gasteiger charge is -2.31. The van der Waals surface area contributed by atoms with Gasteiger partial charge in [-0.2, -0.15) is 0 Å². The van der Waals surface area contributed by atoms with E-state index in [-0.39, 0.29) is 52.9 Å². The van der Waals surface area contributed by atoms with Crippen LogP contribution >= 0.6 is 0 Å². The van der Waals surface area contributed by atoms with Crippen LogP contribution in [0.1, 0.15) is 61.7 Å². The summed E-state index contributed by atoms with van der Waals surface area (Å²) in [5.74, 6) is -2.19. The molecular weight excluding hydrogens is 467 g/mol. The number of amides is 2. The van der Waals surface area contributed by atoms with E-state index in [1.165, 1.54) is 13.2 Å². The molecule has 0 saturated heterocycles. The summed E-state index contributed by atoms with van der Waals surface area (Å²) in [5.41, 5.74) is 0.140. The number of halogens is 1. The van der Waals surface area contributed by atoms with Gasteiger partial charge in [0, 0.05) is 18.7 Å². The molecule has 3 saturated carbocycles. The van der Waals surface area contributed by atoms with Crippen molar-refractivity contribution in [1.29, 1.82) is 0 Å². The normalized spacial score (nSPS) is 28.8. The quantitative estimate of drug-likeness (QED) is 0.332. The molecule has 4 rings (SSSR count). The summed E-state index contributed by atoms with van der Waals surface area (Å²) in [4.78, 5) is 37.5. The number of carboxylic acids is 1. The van der Waals surface area contributed by atoms with Gasteiger partial charge in [0.15, 0.2) is 11.6 Å². The van der Waals surface area contributed by atoms with Crippen molar-refractivity contribution in [3.05, 3.63) is 36.2 Å². The molecule has 0 aromatic heterocycles. The third-order valence-corrected chi connectivity index (χ3v) is 7.98. The van der Waals surface area contributed by atoms with E-state index in [4.69, 9.17) is 9.47 Å². The average molecular weight is 503 g/mol. The molecule has 0 spiro atoms. The van der Waals surface area contributed by atoms with Crippen molar-refractivity contribution < 1.29 is 33.4 Å². The molecule has 3 aliphatic rings. The molecule has 2 bridgehead atoms. The summed E-state index contributed by atoms with van der Waals surface area (Å²) in [6.07, 6.45) is 6.85. The number of carboxylic acid groups (broad SMARTS) is 1. The number of aliphatic carboxylic acids is 1. The van der Waals surface area contributed by atoms with Gasteiger partial charge in [-0.1, -0.05) is 6.08 Å². The van der Waals surface area contributed by atoms with E-state index < -0.39 is 23.6 Å². The molecule has 196 valence electrons. The molecule has 9 heteroatoms. The number of carbonyl (C=O) groups excluding carboxylic acids is 2. The molecule has 36 heavy (non-hydrogen) atoms. The van der Waals surface area contributed by atoms with Crippen LogP contribution in [0.3, 0.4) is 0 Å². The zero-order valence-electron chi connectivity index (χ0n) is 20.6. The van der Waals surface area contributed by atoms with Crippen molar-refractivity contribution >= 4 is 17.8 Å². The molecule has 0 radical (unpaired) electrons. The van der Waals surface area contributed by atoms with E-state index in [1.807, 2.05) is 0 Å². The Morgan fingerprint density at radius 3 is 2.50 bits per heavy atom. The highest BCUT2D eigenvalue weighted by Crippen LogP contribution is 2.48. The molecule has 4 atom stereocenters. The van der Waals surface area contributed by atoms with Gasteiger partial charge >= 0.3 is 5.97 Å². The van der Waals surface area contributed by atoms with Crippen LogP contribution in [0.15, 0.2) is 24.8 Å². The van der Waals surface area contributed by atoms with Crippen LogP contribution < -0.4 is 20.1 Å². The van der Waals surface area contributed by atoms with E-state index in [2.05, 4.69) is 17.2 Å². The zero-order valence-corrected chi connectivity index (χ0v) is 20.6. The maximum absolute atomic E-state index is 14.8. The monoisotopic (exact) mass is 502 g/mol. The van der Waals surface area contributed by atoms with Gasteiger partial charge in [0.1, 0.15) is 5.75 Å². The van der Waals surface area contributed by atoms with Crippen LogP contribution in [0.4, 0.5) is 4.39 Å². The zero-order chi connectivity index (χ0) is 25.8. The first-order chi connectivity index (χ1) is 17.3. The lowest BCUT2D eigenvalue weighted by Crippen LogP contribution is -2.50. The van der Waals surface area contributed by atoms with Crippen LogP contribution in [0.25, 0.3) is 0 Å². The number of carbonyl (C=O) groups is 3. The molecule has 1 aromatic carbocycles. The Bertz CT molecular complexity index is 1010. The number of fused-ring (bicyclic) bond motifs is 2. The fraction of sp³-hybridized carbons (Fsp3) is 0.593. The van der Waals surface area contributed by atoms with Crippen LogP contribution in [0.5, 0.6) is 11.5 Å². The Morgan fingerprint density at radius 2 is 1.83 bits per heavy atom. The number of nitrogens with one attached hydrogen (secondary N) is 2. The Balaban J connectivity index is 1.48. The van der Waals surface area contributed by atoms with Gasteiger partial charge in [-0.25, -0.2) is 4.39 Å². The molecule has 0 heterocycles. The largest absolute Gasteiger partial charge is 0.496 e. The smallest absolute Gasteiger partial charge is 0.306 e. The second-order valence-corrected chi connectivity index (χ2v) is 10.1. The molecule has 3 N–H and O–H groups in total. The summed E-state index contributed by atoms with van der Waals surface area (Å²) < 4.78 is 25.9. The van der Waals surface area contributed by atoms with Gasteiger partial charge < -0.3 is 25.2 Å². The van der Waals surface area contributed by atoms with Crippen molar-refractivity contribution in [2.45, 2.75) is 63.5 Å². The number of hydrogen-bond donors (Lipinski definition) is 3. The molecule has 1 aromatic rings. The Kier molecular flexibility index (Phi) is 8.16. The molecular formula is C27H35FN2O6. The highest BCUT2D eigenvalue weighted by molar-refractivity contribution is 5.98. The number of rotatable bonds is 10. The third kappa shape index (κ3) is 5.50. The molecule has 2 amide bonds. The van der Waals surface area contributed by atoms with Crippen molar-refractivity contribution in [2.75, 3.05) is 13.7 Å². The molecule has 3 aliphatic carbocycles. The van der Waals surface area contributed by atoms with Gasteiger partial charge in [-0.15, -0.1) is 6.58 Å². The first kappa shape index (κ1) is 26.0. The number of ether oxygens (including phenoxy) is 2. The van der Waals surface area contributed by atoms with Gasteiger partial charge in [-0.05, 0) is 69.3 Å². The van der Waals surface area contributed by atoms with Crippen LogP contribution in [-0.4, -0.2) is 48.7 Å². The Morgan fingerprint density at radius 1 is 1.11 bits per heavy atom. The van der Waals surface area contributed by atoms with Crippen LogP contribution in [0.2, 0.25) is 0 Å². The minimum absolute atomic E-state index is 0.0543. The summed E-state index contributed by atoms with van der Waals surface area (Å²) in [6, 6.07) is 2.18. The van der Waals surface area contributed by atoms with Gasteiger partial charge in [0.2, 0.25) is 5.91 Å². The highest BCUT2D eigenvalue weighted by Gasteiger charge is 2.51. The first-order valence-electron chi connectivity index (χ1n) is 12.8. The lowest BCUT2D eigenvalue weighted by molar-refractivity contribution is -0.143. The summed E-state index contributed by atoms with van der Waals surface area (Å²) in [6.45, 7) is 4.19. The maximum Gasteiger partial charge on any atom is 0.306 e. The van der Waals surface area contributed by atoms with E-state index in [0.717, 1.165) is 25.3 Å². The number of hydrogen-bond acceptors (Lipinski definition) is 5. The maximum atomic E-state index is 14.8. The summed E-state index contributed by atoms with van der Waals surface area (Å²) in [7, 11) is 1.37. The third-order valence-electron chi connectivity index (χ3n) is 7.98. The minimum atomic E-state index is -0.823. The Labute approximate surface area is 210 Å². The fourth-order valence-electron chi connectivity index (χ4n) is 6.10. The average Bonchev–Trinajstić information content (AvgIpc) is 3.47. The Hall–Kier alpha value is -3.10. The molecule has 0 aliphatic heterocycles. The number of methoxy groups -OCH3 is 1. The van der Waals surface area contributed by atoms with E-state index in [9.17, 15) is 23.9 Å². The fourth-order valence-corrected chi connectivity index (χ4v) is 6.10. The highest BCUT2D eigenvalue weighted by atomic mass is 19.1. The predicted octanol–water partition coefficient (Wildman–Crippen LogP) is 3.69. The van der Waals surface area contributed by atoms with Crippen molar-refractivity contribution in [2.24, 2.45) is 23.7 Å². The van der Waals surface area contributed by atoms with E-state index in [0.29, 0.717) is 38.6 Å². The van der Waals surface area contributed by atoms with Crippen LogP contribution in [0, 0.1) is 29.5 Å².